The minimum atomic E-state index is -1.35. The number of carbonyl (C=O) groups is 3. The van der Waals surface area contributed by atoms with Gasteiger partial charge in [0.05, 0.1) is 11.0 Å². The zero-order valence-electron chi connectivity index (χ0n) is 13.2. The Balaban J connectivity index is 1.97. The molecule has 0 spiro atoms. The maximum atomic E-state index is 12.2. The van der Waals surface area contributed by atoms with Crippen LogP contribution in [0.15, 0.2) is 40.3 Å². The lowest BCUT2D eigenvalue weighted by molar-refractivity contribution is -0.255. The summed E-state index contributed by atoms with van der Waals surface area (Å²) in [5.74, 6) is -2.05. The molecule has 1 aliphatic heterocycles. The number of hydrogen-bond acceptors (Lipinski definition) is 6. The number of nitrogens with one attached hydrogen (secondary N) is 1. The van der Waals surface area contributed by atoms with Crippen LogP contribution in [0.2, 0.25) is 5.02 Å². The molecule has 2 amide bonds. The van der Waals surface area contributed by atoms with Crippen LogP contribution < -0.4 is 10.4 Å². The van der Waals surface area contributed by atoms with E-state index in [0.717, 1.165) is 4.90 Å². The maximum absolute atomic E-state index is 12.2. The zero-order valence-corrected chi connectivity index (χ0v) is 14.8. The fourth-order valence-corrected chi connectivity index (χ4v) is 2.69. The van der Waals surface area contributed by atoms with Crippen molar-refractivity contribution in [3.05, 3.63) is 52.3 Å². The number of likely N-dealkylation sites (N-methyl/N-ethyl adjacent to an activating group) is 1. The van der Waals surface area contributed by atoms with E-state index in [1.807, 2.05) is 0 Å². The number of benzene rings is 1. The Kier molecular flexibility index (Phi) is 4.62. The second kappa shape index (κ2) is 6.74. The van der Waals surface area contributed by atoms with Crippen LogP contribution in [0.1, 0.15) is 16.1 Å². The second-order valence-corrected chi connectivity index (χ2v) is 6.16. The Morgan fingerprint density at radius 3 is 2.73 bits per heavy atom. The Labute approximate surface area is 157 Å². The molecular formula is C17H10ClN2O5S-. The number of nitrogens with zero attached hydrogens (tertiary/aromatic N) is 1. The molecule has 1 fully saturated rings. The van der Waals surface area contributed by atoms with E-state index in [2.05, 4.69) is 5.32 Å². The molecular weight excluding hydrogens is 380 g/mol. The molecule has 2 heterocycles. The van der Waals surface area contributed by atoms with Gasteiger partial charge in [0.25, 0.3) is 11.8 Å². The summed E-state index contributed by atoms with van der Waals surface area (Å²) >= 11 is 11.0. The van der Waals surface area contributed by atoms with Gasteiger partial charge in [-0.15, -0.1) is 0 Å². The van der Waals surface area contributed by atoms with Crippen molar-refractivity contribution >= 4 is 52.8 Å². The van der Waals surface area contributed by atoms with Crippen molar-refractivity contribution in [2.45, 2.75) is 0 Å². The largest absolute Gasteiger partial charge is 0.545 e. The van der Waals surface area contributed by atoms with E-state index in [9.17, 15) is 19.5 Å². The molecule has 1 aromatic heterocycles. The topological polar surface area (TPSA) is 103 Å². The number of amides is 2. The minimum absolute atomic E-state index is 0.0168. The summed E-state index contributed by atoms with van der Waals surface area (Å²) in [7, 11) is 1.44. The van der Waals surface area contributed by atoms with Gasteiger partial charge in [0.1, 0.15) is 17.1 Å². The Morgan fingerprint density at radius 2 is 2.04 bits per heavy atom. The summed E-state index contributed by atoms with van der Waals surface area (Å²) in [6.45, 7) is 0. The number of carboxylic acids is 1. The molecule has 3 rings (SSSR count). The number of thiocarbonyl (C=S) groups is 1. The van der Waals surface area contributed by atoms with Crippen LogP contribution in [-0.2, 0) is 9.59 Å². The molecule has 1 aromatic carbocycles. The van der Waals surface area contributed by atoms with Crippen molar-refractivity contribution in [2.24, 2.45) is 0 Å². The standard InChI is InChI=1S/C17H11ClN2O5S/c1-20-15(22)11(14(21)19-17(20)26)7-9-3-5-13(25-9)10-6-8(16(23)24)2-4-12(10)18/h2-7H,1H3,(H,23,24)(H,19,21,26)/p-1/b11-7+. The van der Waals surface area contributed by atoms with Gasteiger partial charge in [-0.25, -0.2) is 0 Å². The van der Waals surface area contributed by atoms with Gasteiger partial charge in [-0.05, 0) is 48.1 Å². The highest BCUT2D eigenvalue weighted by Crippen LogP contribution is 2.31. The first-order valence-electron chi connectivity index (χ1n) is 7.24. The van der Waals surface area contributed by atoms with Crippen molar-refractivity contribution in [1.29, 1.82) is 0 Å². The molecule has 0 saturated carbocycles. The molecule has 2 aromatic rings. The highest BCUT2D eigenvalue weighted by molar-refractivity contribution is 7.80. The normalized spacial score (nSPS) is 16.2. The monoisotopic (exact) mass is 389 g/mol. The third-order valence-electron chi connectivity index (χ3n) is 3.69. The van der Waals surface area contributed by atoms with E-state index in [1.165, 1.54) is 37.4 Å². The summed E-state index contributed by atoms with van der Waals surface area (Å²) in [5, 5.41) is 13.7. The number of carboxylic acid groups (broad SMARTS) is 1. The van der Waals surface area contributed by atoms with Crippen molar-refractivity contribution in [1.82, 2.24) is 10.2 Å². The van der Waals surface area contributed by atoms with Crippen LogP contribution in [0.25, 0.3) is 17.4 Å². The van der Waals surface area contributed by atoms with Gasteiger partial charge in [-0.1, -0.05) is 17.7 Å². The molecule has 1 N–H and O–H groups in total. The zero-order chi connectivity index (χ0) is 19.0. The molecule has 26 heavy (non-hydrogen) atoms. The van der Waals surface area contributed by atoms with E-state index < -0.39 is 17.8 Å². The van der Waals surface area contributed by atoms with Crippen molar-refractivity contribution in [3.63, 3.8) is 0 Å². The molecule has 0 atom stereocenters. The van der Waals surface area contributed by atoms with Gasteiger partial charge in [-0.3, -0.25) is 19.8 Å². The van der Waals surface area contributed by atoms with Crippen LogP contribution in [0.3, 0.4) is 0 Å². The fraction of sp³-hybridized carbons (Fsp3) is 0.0588. The number of hydrogen-bond donors (Lipinski definition) is 1. The quantitative estimate of drug-likeness (QED) is 0.481. The van der Waals surface area contributed by atoms with Crippen molar-refractivity contribution in [2.75, 3.05) is 7.05 Å². The van der Waals surface area contributed by atoms with Gasteiger partial charge in [0.2, 0.25) is 0 Å². The number of rotatable bonds is 3. The predicted octanol–water partition coefficient (Wildman–Crippen LogP) is 1.22. The van der Waals surface area contributed by atoms with E-state index in [1.54, 1.807) is 6.07 Å². The SMILES string of the molecule is CN1C(=O)/C(=C/c2ccc(-c3cc(C(=O)[O-])ccc3Cl)o2)C(=O)NC1=S. The van der Waals surface area contributed by atoms with Crippen LogP contribution in [0, 0.1) is 0 Å². The maximum Gasteiger partial charge on any atom is 0.265 e. The van der Waals surface area contributed by atoms with Gasteiger partial charge in [0.15, 0.2) is 5.11 Å². The van der Waals surface area contributed by atoms with Gasteiger partial charge in [0, 0.05) is 12.6 Å². The third kappa shape index (κ3) is 3.24. The summed E-state index contributed by atoms with van der Waals surface area (Å²) < 4.78 is 5.59. The number of furan rings is 1. The average molecular weight is 390 g/mol. The van der Waals surface area contributed by atoms with Crippen LogP contribution in [0.5, 0.6) is 0 Å². The number of halogens is 1. The number of carbonyl (C=O) groups excluding carboxylic acids is 3. The van der Waals surface area contributed by atoms with Crippen LogP contribution in [-0.4, -0.2) is 34.8 Å². The molecule has 1 saturated heterocycles. The molecule has 0 radical (unpaired) electrons. The van der Waals surface area contributed by atoms with E-state index in [-0.39, 0.29) is 32.8 Å². The Bertz CT molecular complexity index is 995. The second-order valence-electron chi connectivity index (χ2n) is 5.37. The minimum Gasteiger partial charge on any atom is -0.545 e. The summed E-state index contributed by atoms with van der Waals surface area (Å²) in [5.41, 5.74) is 0.144. The third-order valence-corrected chi connectivity index (χ3v) is 4.39. The molecule has 0 unspecified atom stereocenters. The van der Waals surface area contributed by atoms with E-state index in [0.29, 0.717) is 5.56 Å². The molecule has 132 valence electrons. The molecule has 7 nitrogen and oxygen atoms in total. The van der Waals surface area contributed by atoms with Gasteiger partial charge in [-0.2, -0.15) is 0 Å². The average Bonchev–Trinajstić information content (AvgIpc) is 3.05. The predicted molar refractivity (Wildman–Crippen MR) is 95.0 cm³/mol. The molecule has 0 bridgehead atoms. The van der Waals surface area contributed by atoms with Crippen molar-refractivity contribution in [3.8, 4) is 11.3 Å². The first-order valence-corrected chi connectivity index (χ1v) is 8.02. The summed E-state index contributed by atoms with van der Waals surface area (Å²) in [6.07, 6.45) is 1.27. The molecule has 0 aliphatic carbocycles. The highest BCUT2D eigenvalue weighted by Gasteiger charge is 2.31. The highest BCUT2D eigenvalue weighted by atomic mass is 35.5. The van der Waals surface area contributed by atoms with E-state index in [4.69, 9.17) is 28.2 Å². The molecule has 1 aliphatic rings. The van der Waals surface area contributed by atoms with E-state index >= 15 is 0 Å². The molecule has 9 heteroatoms. The van der Waals surface area contributed by atoms with Crippen LogP contribution in [0.4, 0.5) is 0 Å². The smallest absolute Gasteiger partial charge is 0.265 e. The first-order chi connectivity index (χ1) is 12.3. The summed E-state index contributed by atoms with van der Waals surface area (Å²) in [6, 6.07) is 7.12. The Morgan fingerprint density at radius 1 is 1.31 bits per heavy atom. The fourth-order valence-electron chi connectivity index (χ4n) is 2.30. The Hall–Kier alpha value is -2.97. The van der Waals surface area contributed by atoms with Gasteiger partial charge >= 0.3 is 0 Å². The van der Waals surface area contributed by atoms with Crippen molar-refractivity contribution < 1.29 is 23.9 Å². The summed E-state index contributed by atoms with van der Waals surface area (Å²) in [4.78, 5) is 36.3. The number of aromatic carboxylic acids is 1. The lowest BCUT2D eigenvalue weighted by atomic mass is 10.1. The van der Waals surface area contributed by atoms with Gasteiger partial charge < -0.3 is 14.3 Å². The lowest BCUT2D eigenvalue weighted by Gasteiger charge is -2.24. The first kappa shape index (κ1) is 17.8. The lowest BCUT2D eigenvalue weighted by Crippen LogP contribution is -2.52. The van der Waals surface area contributed by atoms with Crippen LogP contribution >= 0.6 is 23.8 Å².